The first kappa shape index (κ1) is 18.7. The Bertz CT molecular complexity index is 865. The van der Waals surface area contributed by atoms with Gasteiger partial charge in [0.1, 0.15) is 6.10 Å². The average molecular weight is 378 g/mol. The number of hydrogen-bond acceptors (Lipinski definition) is 3. The lowest BCUT2D eigenvalue weighted by Crippen LogP contribution is -2.49. The zero-order valence-corrected chi connectivity index (χ0v) is 16.2. The van der Waals surface area contributed by atoms with Crippen LogP contribution in [0.4, 0.5) is 5.69 Å². The van der Waals surface area contributed by atoms with Crippen molar-refractivity contribution in [3.8, 4) is 0 Å². The number of nitrogens with one attached hydrogen (secondary N) is 1. The van der Waals surface area contributed by atoms with E-state index >= 15 is 0 Å². The van der Waals surface area contributed by atoms with Gasteiger partial charge in [-0.25, -0.2) is 0 Å². The summed E-state index contributed by atoms with van der Waals surface area (Å²) < 4.78 is 6.00. The third-order valence-corrected chi connectivity index (χ3v) is 5.56. The number of aryl methyl sites for hydroxylation is 1. The second kappa shape index (κ2) is 8.15. The lowest BCUT2D eigenvalue weighted by atomic mass is 9.90. The third kappa shape index (κ3) is 3.94. The van der Waals surface area contributed by atoms with E-state index < -0.39 is 11.8 Å². The van der Waals surface area contributed by atoms with Gasteiger partial charge in [0.2, 0.25) is 0 Å². The van der Waals surface area contributed by atoms with Crippen molar-refractivity contribution in [3.63, 3.8) is 0 Å². The van der Waals surface area contributed by atoms with E-state index in [1.165, 1.54) is 17.5 Å². The molecule has 2 amide bonds. The predicted octanol–water partition coefficient (Wildman–Crippen LogP) is 3.49. The Morgan fingerprint density at radius 3 is 2.61 bits per heavy atom. The number of anilines is 1. The van der Waals surface area contributed by atoms with Crippen LogP contribution < -0.4 is 5.32 Å². The van der Waals surface area contributed by atoms with Crippen molar-refractivity contribution in [2.75, 3.05) is 18.4 Å². The summed E-state index contributed by atoms with van der Waals surface area (Å²) in [7, 11) is 0. The van der Waals surface area contributed by atoms with Gasteiger partial charge in [0.05, 0.1) is 12.6 Å². The molecule has 146 valence electrons. The van der Waals surface area contributed by atoms with Crippen LogP contribution in [0.5, 0.6) is 0 Å². The number of morpholine rings is 1. The van der Waals surface area contributed by atoms with Crippen LogP contribution in [0.25, 0.3) is 0 Å². The van der Waals surface area contributed by atoms with E-state index in [-0.39, 0.29) is 12.2 Å². The molecule has 5 heteroatoms. The van der Waals surface area contributed by atoms with E-state index in [0.717, 1.165) is 30.5 Å². The minimum atomic E-state index is -0.570. The van der Waals surface area contributed by atoms with Crippen molar-refractivity contribution >= 4 is 17.5 Å². The number of rotatable bonds is 2. The smallest absolute Gasteiger partial charge is 0.313 e. The van der Waals surface area contributed by atoms with E-state index in [1.807, 2.05) is 49.4 Å². The lowest BCUT2D eigenvalue weighted by Gasteiger charge is -2.36. The molecule has 0 bridgehead atoms. The van der Waals surface area contributed by atoms with Crippen LogP contribution in [0, 0.1) is 0 Å². The molecule has 2 atom stereocenters. The van der Waals surface area contributed by atoms with Crippen molar-refractivity contribution in [3.05, 3.63) is 65.2 Å². The van der Waals surface area contributed by atoms with Crippen LogP contribution in [0.3, 0.4) is 0 Å². The number of amides is 2. The number of ether oxygens (including phenoxy) is 1. The summed E-state index contributed by atoms with van der Waals surface area (Å²) in [5.74, 6) is -1.07. The Hall–Kier alpha value is -2.66. The number of hydrogen-bond donors (Lipinski definition) is 1. The normalized spacial score (nSPS) is 21.7. The molecule has 1 aliphatic carbocycles. The predicted molar refractivity (Wildman–Crippen MR) is 108 cm³/mol. The standard InChI is InChI=1S/C23H26N2O3/c1-16-14-25(15-21(28-16)18-9-3-2-4-10-18)23(27)22(26)24-20-13-7-11-17-8-5-6-12-19(17)20/h2-4,7,9-11,13,16,21H,5-6,8,12,14-15H2,1H3,(H,24,26)/t16-,21+/m0/s1. The molecule has 1 heterocycles. The van der Waals surface area contributed by atoms with E-state index in [4.69, 9.17) is 4.74 Å². The molecule has 1 aliphatic heterocycles. The van der Waals surface area contributed by atoms with Crippen LogP contribution in [-0.2, 0) is 27.2 Å². The minimum Gasteiger partial charge on any atom is -0.367 e. The highest BCUT2D eigenvalue weighted by molar-refractivity contribution is 6.39. The first-order valence-electron chi connectivity index (χ1n) is 10.0. The molecule has 4 rings (SSSR count). The van der Waals surface area contributed by atoms with Gasteiger partial charge in [0.25, 0.3) is 0 Å². The fourth-order valence-corrected chi connectivity index (χ4v) is 4.19. The van der Waals surface area contributed by atoms with E-state index in [0.29, 0.717) is 13.1 Å². The Morgan fingerprint density at radius 2 is 1.79 bits per heavy atom. The van der Waals surface area contributed by atoms with E-state index in [9.17, 15) is 9.59 Å². The fraction of sp³-hybridized carbons (Fsp3) is 0.391. The van der Waals surface area contributed by atoms with Crippen LogP contribution in [0.1, 0.15) is 42.6 Å². The summed E-state index contributed by atoms with van der Waals surface area (Å²) in [6.07, 6.45) is 3.94. The van der Waals surface area contributed by atoms with Gasteiger partial charge < -0.3 is 15.0 Å². The second-order valence-electron chi connectivity index (χ2n) is 7.66. The van der Waals surface area contributed by atoms with Gasteiger partial charge in [-0.1, -0.05) is 42.5 Å². The van der Waals surface area contributed by atoms with Crippen LogP contribution in [-0.4, -0.2) is 35.9 Å². The highest BCUT2D eigenvalue weighted by atomic mass is 16.5. The van der Waals surface area contributed by atoms with Crippen molar-refractivity contribution in [2.24, 2.45) is 0 Å². The van der Waals surface area contributed by atoms with Gasteiger partial charge in [-0.15, -0.1) is 0 Å². The molecule has 1 N–H and O–H groups in total. The molecule has 0 saturated carbocycles. The molecule has 2 aromatic carbocycles. The molecule has 1 fully saturated rings. The van der Waals surface area contributed by atoms with E-state index in [1.54, 1.807) is 4.90 Å². The zero-order chi connectivity index (χ0) is 19.5. The third-order valence-electron chi connectivity index (χ3n) is 5.56. The lowest BCUT2D eigenvalue weighted by molar-refractivity contribution is -0.152. The molecule has 0 aromatic heterocycles. The molecular weight excluding hydrogens is 352 g/mol. The molecule has 5 nitrogen and oxygen atoms in total. The fourth-order valence-electron chi connectivity index (χ4n) is 4.19. The summed E-state index contributed by atoms with van der Waals surface area (Å²) in [5.41, 5.74) is 4.24. The van der Waals surface area contributed by atoms with Crippen LogP contribution >= 0.6 is 0 Å². The Labute approximate surface area is 165 Å². The number of benzene rings is 2. The Balaban J connectivity index is 1.47. The zero-order valence-electron chi connectivity index (χ0n) is 16.2. The van der Waals surface area contributed by atoms with Crippen LogP contribution in [0.15, 0.2) is 48.5 Å². The summed E-state index contributed by atoms with van der Waals surface area (Å²) >= 11 is 0. The van der Waals surface area contributed by atoms with Gasteiger partial charge in [-0.3, -0.25) is 9.59 Å². The molecule has 1 saturated heterocycles. The summed E-state index contributed by atoms with van der Waals surface area (Å²) in [4.78, 5) is 27.2. The van der Waals surface area contributed by atoms with Crippen molar-refractivity contribution in [1.29, 1.82) is 0 Å². The first-order chi connectivity index (χ1) is 13.6. The Morgan fingerprint density at radius 1 is 1.00 bits per heavy atom. The van der Waals surface area contributed by atoms with Gasteiger partial charge >= 0.3 is 11.8 Å². The average Bonchev–Trinajstić information content (AvgIpc) is 2.73. The highest BCUT2D eigenvalue weighted by Crippen LogP contribution is 2.28. The maximum atomic E-state index is 12.9. The molecule has 2 aliphatic rings. The Kier molecular flexibility index (Phi) is 5.44. The largest absolute Gasteiger partial charge is 0.367 e. The second-order valence-corrected chi connectivity index (χ2v) is 7.66. The van der Waals surface area contributed by atoms with Crippen LogP contribution in [0.2, 0.25) is 0 Å². The number of carbonyl (C=O) groups is 2. The number of nitrogens with zero attached hydrogens (tertiary/aromatic N) is 1. The molecule has 0 radical (unpaired) electrons. The first-order valence-corrected chi connectivity index (χ1v) is 10.0. The number of fused-ring (bicyclic) bond motifs is 1. The molecule has 2 aromatic rings. The quantitative estimate of drug-likeness (QED) is 0.814. The minimum absolute atomic E-state index is 0.125. The molecule has 0 unspecified atom stereocenters. The highest BCUT2D eigenvalue weighted by Gasteiger charge is 2.32. The maximum Gasteiger partial charge on any atom is 0.313 e. The molecule has 0 spiro atoms. The maximum absolute atomic E-state index is 12.9. The summed E-state index contributed by atoms with van der Waals surface area (Å²) in [5, 5.41) is 2.87. The SMILES string of the molecule is C[C@H]1CN(C(=O)C(=O)Nc2cccc3c2CCCC3)C[C@H](c2ccccc2)O1. The molecule has 28 heavy (non-hydrogen) atoms. The van der Waals surface area contributed by atoms with Gasteiger partial charge in [0.15, 0.2) is 0 Å². The van der Waals surface area contributed by atoms with E-state index in [2.05, 4.69) is 11.4 Å². The van der Waals surface area contributed by atoms with Crippen molar-refractivity contribution in [2.45, 2.75) is 44.8 Å². The summed E-state index contributed by atoms with van der Waals surface area (Å²) in [6, 6.07) is 15.8. The molecular formula is C23H26N2O3. The van der Waals surface area contributed by atoms with Gasteiger partial charge in [0, 0.05) is 12.2 Å². The number of carbonyl (C=O) groups excluding carboxylic acids is 2. The van der Waals surface area contributed by atoms with Gasteiger partial charge in [-0.2, -0.15) is 0 Å². The monoisotopic (exact) mass is 378 g/mol. The van der Waals surface area contributed by atoms with Gasteiger partial charge in [-0.05, 0) is 55.4 Å². The summed E-state index contributed by atoms with van der Waals surface area (Å²) in [6.45, 7) is 2.73. The van der Waals surface area contributed by atoms with Crippen molar-refractivity contribution < 1.29 is 14.3 Å². The topological polar surface area (TPSA) is 58.6 Å². The van der Waals surface area contributed by atoms with Crippen molar-refractivity contribution in [1.82, 2.24) is 4.90 Å².